The zero-order valence-corrected chi connectivity index (χ0v) is 7.03. The van der Waals surface area contributed by atoms with Crippen molar-refractivity contribution in [1.29, 1.82) is 0 Å². The molecule has 0 saturated carbocycles. The predicted molar refractivity (Wildman–Crippen MR) is 47.5 cm³/mol. The fraction of sp³-hybridized carbons (Fsp3) is 0.333. The molecule has 0 radical (unpaired) electrons. The third-order valence-electron chi connectivity index (χ3n) is 1.20. The van der Waals surface area contributed by atoms with Gasteiger partial charge in [-0.05, 0) is 11.4 Å². The van der Waals surface area contributed by atoms with Gasteiger partial charge in [0.15, 0.2) is 0 Å². The topological polar surface area (TPSA) is 20.2 Å². The maximum Gasteiger partial charge on any atom is 0.0540 e. The molecule has 0 aliphatic heterocycles. The van der Waals surface area contributed by atoms with Crippen molar-refractivity contribution < 1.29 is 5.11 Å². The first-order valence-corrected chi connectivity index (χ1v) is 4.40. The molecule has 1 N–H and O–H groups in total. The van der Waals surface area contributed by atoms with Gasteiger partial charge in [-0.2, -0.15) is 0 Å². The van der Waals surface area contributed by atoms with Crippen LogP contribution >= 0.6 is 11.3 Å². The Kier molecular flexibility index (Phi) is 3.74. The van der Waals surface area contributed by atoms with E-state index in [-0.39, 0.29) is 6.61 Å². The van der Waals surface area contributed by atoms with Crippen LogP contribution in [0.5, 0.6) is 0 Å². The minimum atomic E-state index is 0.164. The summed E-state index contributed by atoms with van der Waals surface area (Å²) in [4.78, 5) is 1.29. The maximum absolute atomic E-state index is 8.42. The van der Waals surface area contributed by atoms with E-state index in [1.807, 2.05) is 11.4 Å². The molecule has 2 heteroatoms. The minimum absolute atomic E-state index is 0.164. The maximum atomic E-state index is 8.42. The zero-order valence-electron chi connectivity index (χ0n) is 6.21. The number of thiophene rings is 1. The molecule has 11 heavy (non-hydrogen) atoms. The lowest BCUT2D eigenvalue weighted by Crippen LogP contribution is -1.77. The lowest BCUT2D eigenvalue weighted by molar-refractivity contribution is 0.305. The molecular weight excluding hydrogens is 156 g/mol. The number of hydrogen-bond acceptors (Lipinski definition) is 2. The monoisotopic (exact) mass is 166 g/mol. The average Bonchev–Trinajstić information content (AvgIpc) is 2.50. The highest BCUT2D eigenvalue weighted by atomic mass is 32.1. The summed E-state index contributed by atoms with van der Waals surface area (Å²) in [6.07, 6.45) is 1.41. The minimum Gasteiger partial charge on any atom is -0.395 e. The fourth-order valence-corrected chi connectivity index (χ4v) is 1.35. The van der Waals surface area contributed by atoms with E-state index in [1.54, 1.807) is 11.3 Å². The molecule has 0 aliphatic carbocycles. The molecule has 0 atom stereocenters. The van der Waals surface area contributed by atoms with Gasteiger partial charge in [-0.1, -0.05) is 12.0 Å². The Morgan fingerprint density at radius 1 is 1.45 bits per heavy atom. The molecule has 1 rings (SSSR count). The highest BCUT2D eigenvalue weighted by Crippen LogP contribution is 2.07. The van der Waals surface area contributed by atoms with Crippen LogP contribution in [-0.2, 0) is 6.42 Å². The second-order valence-electron chi connectivity index (χ2n) is 2.08. The summed E-state index contributed by atoms with van der Waals surface area (Å²) in [5, 5.41) is 10.5. The Morgan fingerprint density at radius 2 is 2.36 bits per heavy atom. The molecule has 0 unspecified atom stereocenters. The number of aliphatic hydroxyl groups is 1. The SMILES string of the molecule is OCCC#CCc1cccs1. The molecule has 1 aromatic heterocycles. The molecular formula is C9H10OS. The Morgan fingerprint density at radius 3 is 3.00 bits per heavy atom. The second kappa shape index (κ2) is 4.95. The van der Waals surface area contributed by atoms with Gasteiger partial charge in [0.25, 0.3) is 0 Å². The Balaban J connectivity index is 2.30. The molecule has 0 aliphatic rings. The third kappa shape index (κ3) is 3.22. The van der Waals surface area contributed by atoms with E-state index < -0.39 is 0 Å². The standard InChI is InChI=1S/C9H10OS/c10-7-3-1-2-5-9-6-4-8-11-9/h4,6,8,10H,3,5,7H2. The largest absolute Gasteiger partial charge is 0.395 e. The van der Waals surface area contributed by atoms with Gasteiger partial charge >= 0.3 is 0 Å². The van der Waals surface area contributed by atoms with Crippen molar-refractivity contribution in [3.8, 4) is 11.8 Å². The van der Waals surface area contributed by atoms with E-state index in [1.165, 1.54) is 4.88 Å². The average molecular weight is 166 g/mol. The van der Waals surface area contributed by atoms with Crippen molar-refractivity contribution in [2.45, 2.75) is 12.8 Å². The highest BCUT2D eigenvalue weighted by molar-refractivity contribution is 7.09. The van der Waals surface area contributed by atoms with Crippen LogP contribution in [-0.4, -0.2) is 11.7 Å². The molecule has 1 heterocycles. The van der Waals surface area contributed by atoms with Gasteiger partial charge in [-0.3, -0.25) is 0 Å². The van der Waals surface area contributed by atoms with Gasteiger partial charge in [0.2, 0.25) is 0 Å². The van der Waals surface area contributed by atoms with Gasteiger partial charge in [0, 0.05) is 17.7 Å². The smallest absolute Gasteiger partial charge is 0.0540 e. The second-order valence-corrected chi connectivity index (χ2v) is 3.12. The van der Waals surface area contributed by atoms with Crippen molar-refractivity contribution >= 4 is 11.3 Å². The number of rotatable bonds is 2. The Labute approximate surface area is 70.7 Å². The van der Waals surface area contributed by atoms with Gasteiger partial charge in [-0.15, -0.1) is 17.3 Å². The van der Waals surface area contributed by atoms with Crippen molar-refractivity contribution in [3.63, 3.8) is 0 Å². The summed E-state index contributed by atoms with van der Waals surface area (Å²) in [5.41, 5.74) is 0. The molecule has 58 valence electrons. The normalized spacial score (nSPS) is 8.82. The van der Waals surface area contributed by atoms with Gasteiger partial charge in [-0.25, -0.2) is 0 Å². The third-order valence-corrected chi connectivity index (χ3v) is 2.08. The van der Waals surface area contributed by atoms with Crippen molar-refractivity contribution in [1.82, 2.24) is 0 Å². The lowest BCUT2D eigenvalue weighted by Gasteiger charge is -1.82. The fourth-order valence-electron chi connectivity index (χ4n) is 0.707. The van der Waals surface area contributed by atoms with E-state index in [9.17, 15) is 0 Å². The van der Waals surface area contributed by atoms with E-state index >= 15 is 0 Å². The molecule has 1 aromatic rings. The first kappa shape index (κ1) is 8.32. The molecule has 0 amide bonds. The van der Waals surface area contributed by atoms with Crippen LogP contribution in [0.3, 0.4) is 0 Å². The molecule has 0 spiro atoms. The summed E-state index contributed by atoms with van der Waals surface area (Å²) in [7, 11) is 0. The van der Waals surface area contributed by atoms with Crippen LogP contribution in [0.25, 0.3) is 0 Å². The van der Waals surface area contributed by atoms with E-state index in [0.29, 0.717) is 6.42 Å². The molecule has 0 saturated heterocycles. The first-order valence-electron chi connectivity index (χ1n) is 3.52. The van der Waals surface area contributed by atoms with E-state index in [4.69, 9.17) is 5.11 Å². The molecule has 0 bridgehead atoms. The summed E-state index contributed by atoms with van der Waals surface area (Å²) < 4.78 is 0. The zero-order chi connectivity index (χ0) is 7.94. The molecule has 0 fully saturated rings. The quantitative estimate of drug-likeness (QED) is 0.663. The Hall–Kier alpha value is -0.780. The van der Waals surface area contributed by atoms with E-state index in [2.05, 4.69) is 17.9 Å². The summed E-state index contributed by atoms with van der Waals surface area (Å²) in [5.74, 6) is 5.87. The lowest BCUT2D eigenvalue weighted by atomic mass is 10.3. The van der Waals surface area contributed by atoms with Gasteiger partial charge in [0.05, 0.1) is 6.61 Å². The van der Waals surface area contributed by atoms with Gasteiger partial charge < -0.3 is 5.11 Å². The van der Waals surface area contributed by atoms with Crippen LogP contribution in [0.1, 0.15) is 11.3 Å². The first-order chi connectivity index (χ1) is 5.43. The highest BCUT2D eigenvalue weighted by Gasteiger charge is 1.86. The molecule has 1 nitrogen and oxygen atoms in total. The van der Waals surface area contributed by atoms with Gasteiger partial charge in [0.1, 0.15) is 0 Å². The number of aliphatic hydroxyl groups excluding tert-OH is 1. The Bertz CT molecular complexity index is 240. The summed E-state index contributed by atoms with van der Waals surface area (Å²) >= 11 is 1.72. The van der Waals surface area contributed by atoms with Crippen molar-refractivity contribution in [2.24, 2.45) is 0 Å². The van der Waals surface area contributed by atoms with Crippen LogP contribution in [0.4, 0.5) is 0 Å². The van der Waals surface area contributed by atoms with Crippen LogP contribution < -0.4 is 0 Å². The van der Waals surface area contributed by atoms with Crippen molar-refractivity contribution in [2.75, 3.05) is 6.61 Å². The predicted octanol–water partition coefficient (Wildman–Crippen LogP) is 1.68. The summed E-state index contributed by atoms with van der Waals surface area (Å²) in [6, 6.07) is 4.09. The number of hydrogen-bond donors (Lipinski definition) is 1. The van der Waals surface area contributed by atoms with Crippen LogP contribution in [0, 0.1) is 11.8 Å². The summed E-state index contributed by atoms with van der Waals surface area (Å²) in [6.45, 7) is 0.164. The molecule has 0 aromatic carbocycles. The van der Waals surface area contributed by atoms with E-state index in [0.717, 1.165) is 6.42 Å². The van der Waals surface area contributed by atoms with Crippen LogP contribution in [0.2, 0.25) is 0 Å². The van der Waals surface area contributed by atoms with Crippen molar-refractivity contribution in [3.05, 3.63) is 22.4 Å². The van der Waals surface area contributed by atoms with Crippen LogP contribution in [0.15, 0.2) is 17.5 Å².